The van der Waals surface area contributed by atoms with Gasteiger partial charge in [0.05, 0.1) is 12.0 Å². The van der Waals surface area contributed by atoms with Gasteiger partial charge in [-0.15, -0.1) is 0 Å². The normalized spacial score (nSPS) is 19.1. The Balaban J connectivity index is 1.83. The maximum Gasteiger partial charge on any atom is 0.0951 e. The summed E-state index contributed by atoms with van der Waals surface area (Å²) >= 11 is 0. The Labute approximate surface area is 104 Å². The van der Waals surface area contributed by atoms with Gasteiger partial charge < -0.3 is 14.8 Å². The molecule has 0 aromatic carbocycles. The third-order valence-electron chi connectivity index (χ3n) is 3.59. The number of piperidine rings is 1. The largest absolute Gasteiger partial charge is 0.331 e. The molecule has 0 amide bonds. The fraction of sp³-hybridized carbons (Fsp3) is 0.769. The number of hydrogen-bond donors (Lipinski definition) is 1. The minimum atomic E-state index is 0.492. The third kappa shape index (κ3) is 3.30. The minimum absolute atomic E-state index is 0.492. The smallest absolute Gasteiger partial charge is 0.0951 e. The molecule has 0 aliphatic carbocycles. The van der Waals surface area contributed by atoms with Crippen molar-refractivity contribution >= 4 is 0 Å². The molecule has 1 aliphatic heterocycles. The molecule has 0 spiro atoms. The summed E-state index contributed by atoms with van der Waals surface area (Å²) in [6.07, 6.45) is 6.41. The lowest BCUT2D eigenvalue weighted by Gasteiger charge is -2.29. The zero-order chi connectivity index (χ0) is 12.3. The molecular formula is C13H24N4. The molecule has 2 heterocycles. The Bertz CT molecular complexity index is 337. The molecule has 1 aromatic heterocycles. The van der Waals surface area contributed by atoms with Crippen LogP contribution in [0.15, 0.2) is 12.5 Å². The highest BCUT2D eigenvalue weighted by Gasteiger charge is 2.16. The SMILES string of the molecule is CC(C)n1cncc1CNC1CCN(C)CC1. The highest BCUT2D eigenvalue weighted by molar-refractivity contribution is 5.00. The standard InChI is InChI=1S/C13H24N4/c1-11(2)17-10-14-8-13(17)9-15-12-4-6-16(3)7-5-12/h8,10-12,15H,4-7,9H2,1-3H3. The van der Waals surface area contributed by atoms with Gasteiger partial charge in [-0.05, 0) is 46.8 Å². The first kappa shape index (κ1) is 12.6. The second-order valence-electron chi connectivity index (χ2n) is 5.34. The van der Waals surface area contributed by atoms with Crippen molar-refractivity contribution in [2.24, 2.45) is 0 Å². The summed E-state index contributed by atoms with van der Waals surface area (Å²) in [5.74, 6) is 0. The van der Waals surface area contributed by atoms with E-state index in [1.54, 1.807) is 0 Å². The van der Waals surface area contributed by atoms with Crippen molar-refractivity contribution in [1.82, 2.24) is 19.8 Å². The van der Waals surface area contributed by atoms with Gasteiger partial charge in [-0.25, -0.2) is 4.98 Å². The van der Waals surface area contributed by atoms with E-state index in [0.29, 0.717) is 12.1 Å². The summed E-state index contributed by atoms with van der Waals surface area (Å²) in [5, 5.41) is 3.65. The number of nitrogens with one attached hydrogen (secondary N) is 1. The summed E-state index contributed by atoms with van der Waals surface area (Å²) in [6, 6.07) is 1.16. The molecule has 4 heteroatoms. The number of nitrogens with zero attached hydrogens (tertiary/aromatic N) is 3. The number of likely N-dealkylation sites (tertiary alicyclic amines) is 1. The second kappa shape index (κ2) is 5.65. The van der Waals surface area contributed by atoms with E-state index in [1.807, 2.05) is 12.5 Å². The molecule has 1 aromatic rings. The van der Waals surface area contributed by atoms with Crippen molar-refractivity contribution in [3.05, 3.63) is 18.2 Å². The molecule has 96 valence electrons. The topological polar surface area (TPSA) is 33.1 Å². The van der Waals surface area contributed by atoms with Crippen LogP contribution in [0.5, 0.6) is 0 Å². The van der Waals surface area contributed by atoms with E-state index in [1.165, 1.54) is 31.6 Å². The Morgan fingerprint density at radius 2 is 2.12 bits per heavy atom. The predicted molar refractivity (Wildman–Crippen MR) is 70.0 cm³/mol. The van der Waals surface area contributed by atoms with Gasteiger partial charge in [0, 0.05) is 24.8 Å². The zero-order valence-electron chi connectivity index (χ0n) is 11.2. The summed E-state index contributed by atoms with van der Waals surface area (Å²) in [7, 11) is 2.20. The maximum atomic E-state index is 4.23. The zero-order valence-corrected chi connectivity index (χ0v) is 11.2. The minimum Gasteiger partial charge on any atom is -0.331 e. The summed E-state index contributed by atoms with van der Waals surface area (Å²) in [6.45, 7) is 7.75. The molecule has 17 heavy (non-hydrogen) atoms. The van der Waals surface area contributed by atoms with E-state index in [-0.39, 0.29) is 0 Å². The molecule has 0 radical (unpaired) electrons. The van der Waals surface area contributed by atoms with Crippen LogP contribution in [0, 0.1) is 0 Å². The Kier molecular flexibility index (Phi) is 4.18. The number of rotatable bonds is 4. The van der Waals surface area contributed by atoms with Crippen molar-refractivity contribution in [2.75, 3.05) is 20.1 Å². The van der Waals surface area contributed by atoms with Crippen molar-refractivity contribution < 1.29 is 0 Å². The van der Waals surface area contributed by atoms with Crippen LogP contribution in [0.2, 0.25) is 0 Å². The summed E-state index contributed by atoms with van der Waals surface area (Å²) in [4.78, 5) is 6.63. The number of imidazole rings is 1. The fourth-order valence-electron chi connectivity index (χ4n) is 2.40. The monoisotopic (exact) mass is 236 g/mol. The lowest BCUT2D eigenvalue weighted by atomic mass is 10.1. The first-order valence-electron chi connectivity index (χ1n) is 6.59. The van der Waals surface area contributed by atoms with Gasteiger partial charge in [-0.1, -0.05) is 0 Å². The van der Waals surface area contributed by atoms with Crippen molar-refractivity contribution in [3.8, 4) is 0 Å². The number of aromatic nitrogens is 2. The fourth-order valence-corrected chi connectivity index (χ4v) is 2.40. The van der Waals surface area contributed by atoms with E-state index >= 15 is 0 Å². The Morgan fingerprint density at radius 3 is 2.76 bits per heavy atom. The molecule has 1 fully saturated rings. The molecule has 0 atom stereocenters. The van der Waals surface area contributed by atoms with Crippen LogP contribution in [0.4, 0.5) is 0 Å². The second-order valence-corrected chi connectivity index (χ2v) is 5.34. The van der Waals surface area contributed by atoms with Gasteiger partial charge >= 0.3 is 0 Å². The Hall–Kier alpha value is -0.870. The first-order valence-corrected chi connectivity index (χ1v) is 6.59. The van der Waals surface area contributed by atoms with Gasteiger partial charge in [-0.3, -0.25) is 0 Å². The van der Waals surface area contributed by atoms with Crippen LogP contribution in [0.25, 0.3) is 0 Å². The van der Waals surface area contributed by atoms with E-state index < -0.39 is 0 Å². The van der Waals surface area contributed by atoms with Gasteiger partial charge in [0.2, 0.25) is 0 Å². The van der Waals surface area contributed by atoms with E-state index in [4.69, 9.17) is 0 Å². The summed E-state index contributed by atoms with van der Waals surface area (Å²) in [5.41, 5.74) is 1.29. The molecule has 2 rings (SSSR count). The quantitative estimate of drug-likeness (QED) is 0.863. The van der Waals surface area contributed by atoms with E-state index in [9.17, 15) is 0 Å². The molecule has 1 saturated heterocycles. The van der Waals surface area contributed by atoms with Gasteiger partial charge in [0.15, 0.2) is 0 Å². The average molecular weight is 236 g/mol. The highest BCUT2D eigenvalue weighted by Crippen LogP contribution is 2.11. The molecular weight excluding hydrogens is 212 g/mol. The molecule has 1 N–H and O–H groups in total. The van der Waals surface area contributed by atoms with Gasteiger partial charge in [0.1, 0.15) is 0 Å². The van der Waals surface area contributed by atoms with Gasteiger partial charge in [-0.2, -0.15) is 0 Å². The van der Waals surface area contributed by atoms with Crippen LogP contribution < -0.4 is 5.32 Å². The van der Waals surface area contributed by atoms with Crippen LogP contribution in [-0.2, 0) is 6.54 Å². The van der Waals surface area contributed by atoms with Crippen LogP contribution in [0.1, 0.15) is 38.4 Å². The number of hydrogen-bond acceptors (Lipinski definition) is 3. The van der Waals surface area contributed by atoms with Crippen LogP contribution in [0.3, 0.4) is 0 Å². The van der Waals surface area contributed by atoms with Gasteiger partial charge in [0.25, 0.3) is 0 Å². The van der Waals surface area contributed by atoms with Crippen LogP contribution in [-0.4, -0.2) is 40.6 Å². The van der Waals surface area contributed by atoms with Crippen molar-refractivity contribution in [2.45, 2.75) is 45.3 Å². The van der Waals surface area contributed by atoms with E-state index in [2.05, 4.69) is 40.7 Å². The van der Waals surface area contributed by atoms with E-state index in [0.717, 1.165) is 6.54 Å². The molecule has 0 bridgehead atoms. The average Bonchev–Trinajstić information content (AvgIpc) is 2.76. The highest BCUT2D eigenvalue weighted by atomic mass is 15.1. The van der Waals surface area contributed by atoms with Crippen molar-refractivity contribution in [1.29, 1.82) is 0 Å². The van der Waals surface area contributed by atoms with Crippen LogP contribution >= 0.6 is 0 Å². The lowest BCUT2D eigenvalue weighted by Crippen LogP contribution is -2.40. The first-order chi connectivity index (χ1) is 8.16. The molecule has 1 aliphatic rings. The maximum absolute atomic E-state index is 4.23. The molecule has 0 saturated carbocycles. The van der Waals surface area contributed by atoms with Crippen molar-refractivity contribution in [3.63, 3.8) is 0 Å². The Morgan fingerprint density at radius 1 is 1.41 bits per heavy atom. The summed E-state index contributed by atoms with van der Waals surface area (Å²) < 4.78 is 2.24. The lowest BCUT2D eigenvalue weighted by molar-refractivity contribution is 0.233. The predicted octanol–water partition coefficient (Wildman–Crippen LogP) is 1.65. The molecule has 4 nitrogen and oxygen atoms in total. The third-order valence-corrected chi connectivity index (χ3v) is 3.59. The molecule has 0 unspecified atom stereocenters.